The Kier molecular flexibility index (Phi) is 3.56. The van der Waals surface area contributed by atoms with Crippen molar-refractivity contribution in [1.82, 2.24) is 0 Å². The number of halogens is 1. The number of anilines is 1. The summed E-state index contributed by atoms with van der Waals surface area (Å²) in [5, 5.41) is 4.01. The van der Waals surface area contributed by atoms with E-state index in [4.69, 9.17) is 25.8 Å². The SMILES string of the molecule is COc1cc(CNc2cccc(Cl)c2)cc2c1OCO2. The third-order valence-corrected chi connectivity index (χ3v) is 3.27. The van der Waals surface area contributed by atoms with Gasteiger partial charge in [0.15, 0.2) is 11.5 Å². The number of ether oxygens (including phenoxy) is 3. The number of rotatable bonds is 4. The van der Waals surface area contributed by atoms with Gasteiger partial charge in [0.2, 0.25) is 12.5 Å². The minimum atomic E-state index is 0.233. The highest BCUT2D eigenvalue weighted by atomic mass is 35.5. The molecule has 3 rings (SSSR count). The van der Waals surface area contributed by atoms with Crippen LogP contribution in [0.4, 0.5) is 5.69 Å². The molecule has 1 heterocycles. The van der Waals surface area contributed by atoms with Gasteiger partial charge >= 0.3 is 0 Å². The van der Waals surface area contributed by atoms with Gasteiger partial charge in [-0.05, 0) is 35.9 Å². The molecule has 0 radical (unpaired) electrons. The Bertz CT molecular complexity index is 631. The van der Waals surface area contributed by atoms with E-state index in [2.05, 4.69) is 5.32 Å². The number of nitrogens with one attached hydrogen (secondary N) is 1. The molecular formula is C15H14ClNO3. The maximum absolute atomic E-state index is 5.95. The number of fused-ring (bicyclic) bond motifs is 1. The van der Waals surface area contributed by atoms with Gasteiger partial charge in [-0.2, -0.15) is 0 Å². The molecule has 1 N–H and O–H groups in total. The Morgan fingerprint density at radius 1 is 1.25 bits per heavy atom. The first-order valence-electron chi connectivity index (χ1n) is 6.22. The van der Waals surface area contributed by atoms with E-state index in [1.165, 1.54) is 0 Å². The van der Waals surface area contributed by atoms with Gasteiger partial charge in [0.1, 0.15) is 0 Å². The fourth-order valence-corrected chi connectivity index (χ4v) is 2.28. The molecule has 104 valence electrons. The van der Waals surface area contributed by atoms with Gasteiger partial charge in [0.05, 0.1) is 7.11 Å². The molecular weight excluding hydrogens is 278 g/mol. The predicted octanol–water partition coefficient (Wildman–Crippen LogP) is 3.69. The second kappa shape index (κ2) is 5.51. The Hall–Kier alpha value is -2.07. The molecule has 0 atom stereocenters. The third-order valence-electron chi connectivity index (χ3n) is 3.04. The van der Waals surface area contributed by atoms with E-state index in [0.29, 0.717) is 28.8 Å². The molecule has 2 aromatic carbocycles. The summed E-state index contributed by atoms with van der Waals surface area (Å²) in [4.78, 5) is 0. The second-order valence-electron chi connectivity index (χ2n) is 4.40. The average molecular weight is 292 g/mol. The van der Waals surface area contributed by atoms with Gasteiger partial charge in [-0.15, -0.1) is 0 Å². The van der Waals surface area contributed by atoms with Crippen LogP contribution in [0.25, 0.3) is 0 Å². The minimum Gasteiger partial charge on any atom is -0.493 e. The second-order valence-corrected chi connectivity index (χ2v) is 4.83. The van der Waals surface area contributed by atoms with E-state index >= 15 is 0 Å². The van der Waals surface area contributed by atoms with Crippen molar-refractivity contribution < 1.29 is 14.2 Å². The molecule has 0 saturated carbocycles. The van der Waals surface area contributed by atoms with E-state index < -0.39 is 0 Å². The average Bonchev–Trinajstić information content (AvgIpc) is 2.92. The van der Waals surface area contributed by atoms with E-state index in [1.54, 1.807) is 7.11 Å². The molecule has 0 aliphatic carbocycles. The first-order valence-corrected chi connectivity index (χ1v) is 6.60. The molecule has 4 nitrogen and oxygen atoms in total. The molecule has 0 unspecified atom stereocenters. The highest BCUT2D eigenvalue weighted by Gasteiger charge is 2.19. The van der Waals surface area contributed by atoms with Crippen LogP contribution in [0, 0.1) is 0 Å². The lowest BCUT2D eigenvalue weighted by Crippen LogP contribution is -2.00. The molecule has 1 aliphatic heterocycles. The molecule has 0 fully saturated rings. The maximum Gasteiger partial charge on any atom is 0.231 e. The summed E-state index contributed by atoms with van der Waals surface area (Å²) in [6, 6.07) is 11.5. The topological polar surface area (TPSA) is 39.7 Å². The van der Waals surface area contributed by atoms with Gasteiger partial charge in [-0.3, -0.25) is 0 Å². The normalized spacial score (nSPS) is 12.3. The number of methoxy groups -OCH3 is 1. The van der Waals surface area contributed by atoms with E-state index in [1.807, 2.05) is 36.4 Å². The molecule has 0 bridgehead atoms. The lowest BCUT2D eigenvalue weighted by molar-refractivity contribution is 0.171. The summed E-state index contributed by atoms with van der Waals surface area (Å²) in [6.45, 7) is 0.879. The van der Waals surface area contributed by atoms with Crippen LogP contribution in [0.1, 0.15) is 5.56 Å². The Morgan fingerprint density at radius 2 is 2.15 bits per heavy atom. The maximum atomic E-state index is 5.95. The molecule has 0 spiro atoms. The van der Waals surface area contributed by atoms with Crippen molar-refractivity contribution in [2.75, 3.05) is 19.2 Å². The monoisotopic (exact) mass is 291 g/mol. The third kappa shape index (κ3) is 2.60. The van der Waals surface area contributed by atoms with Crippen LogP contribution < -0.4 is 19.5 Å². The van der Waals surface area contributed by atoms with Crippen molar-refractivity contribution in [3.8, 4) is 17.2 Å². The number of hydrogen-bond acceptors (Lipinski definition) is 4. The van der Waals surface area contributed by atoms with Gasteiger partial charge in [-0.1, -0.05) is 17.7 Å². The van der Waals surface area contributed by atoms with Gasteiger partial charge in [-0.25, -0.2) is 0 Å². The van der Waals surface area contributed by atoms with Crippen molar-refractivity contribution in [1.29, 1.82) is 0 Å². The van der Waals surface area contributed by atoms with Crippen LogP contribution in [-0.2, 0) is 6.54 Å². The van der Waals surface area contributed by atoms with E-state index in [0.717, 1.165) is 11.3 Å². The first-order chi connectivity index (χ1) is 9.76. The zero-order valence-corrected chi connectivity index (χ0v) is 11.7. The van der Waals surface area contributed by atoms with Crippen molar-refractivity contribution in [3.63, 3.8) is 0 Å². The Morgan fingerprint density at radius 3 is 2.95 bits per heavy atom. The van der Waals surface area contributed by atoms with E-state index in [9.17, 15) is 0 Å². The standard InChI is InChI=1S/C15H14ClNO3/c1-18-13-5-10(6-14-15(13)20-9-19-14)8-17-12-4-2-3-11(16)7-12/h2-7,17H,8-9H2,1H3. The number of benzene rings is 2. The quantitative estimate of drug-likeness (QED) is 0.932. The van der Waals surface area contributed by atoms with Crippen LogP contribution in [-0.4, -0.2) is 13.9 Å². The Balaban J connectivity index is 1.78. The first kappa shape index (κ1) is 12.9. The fourth-order valence-electron chi connectivity index (χ4n) is 2.09. The molecule has 0 saturated heterocycles. The minimum absolute atomic E-state index is 0.233. The predicted molar refractivity (Wildman–Crippen MR) is 77.9 cm³/mol. The molecule has 0 aromatic heterocycles. The summed E-state index contributed by atoms with van der Waals surface area (Å²) in [6.07, 6.45) is 0. The van der Waals surface area contributed by atoms with Crippen molar-refractivity contribution in [2.24, 2.45) is 0 Å². The lowest BCUT2D eigenvalue weighted by atomic mass is 10.1. The summed E-state index contributed by atoms with van der Waals surface area (Å²) in [5.74, 6) is 2.06. The van der Waals surface area contributed by atoms with Crippen LogP contribution in [0.15, 0.2) is 36.4 Å². The summed E-state index contributed by atoms with van der Waals surface area (Å²) in [7, 11) is 1.62. The number of hydrogen-bond donors (Lipinski definition) is 1. The zero-order valence-electron chi connectivity index (χ0n) is 11.0. The molecule has 0 amide bonds. The summed E-state index contributed by atoms with van der Waals surface area (Å²) in [5.41, 5.74) is 2.01. The van der Waals surface area contributed by atoms with E-state index in [-0.39, 0.29) is 6.79 Å². The molecule has 2 aromatic rings. The van der Waals surface area contributed by atoms with Crippen LogP contribution in [0.2, 0.25) is 5.02 Å². The van der Waals surface area contributed by atoms with Gasteiger partial charge in [0, 0.05) is 17.3 Å². The van der Waals surface area contributed by atoms with Crippen molar-refractivity contribution in [3.05, 3.63) is 47.0 Å². The summed E-state index contributed by atoms with van der Waals surface area (Å²) >= 11 is 5.95. The Labute approximate surface area is 122 Å². The smallest absolute Gasteiger partial charge is 0.231 e. The molecule has 5 heteroatoms. The van der Waals surface area contributed by atoms with Crippen LogP contribution >= 0.6 is 11.6 Å². The fraction of sp³-hybridized carbons (Fsp3) is 0.200. The highest BCUT2D eigenvalue weighted by molar-refractivity contribution is 6.30. The summed E-state index contributed by atoms with van der Waals surface area (Å²) < 4.78 is 16.1. The largest absolute Gasteiger partial charge is 0.493 e. The molecule has 20 heavy (non-hydrogen) atoms. The van der Waals surface area contributed by atoms with Crippen LogP contribution in [0.5, 0.6) is 17.2 Å². The van der Waals surface area contributed by atoms with Gasteiger partial charge in [0.25, 0.3) is 0 Å². The van der Waals surface area contributed by atoms with Gasteiger partial charge < -0.3 is 19.5 Å². The van der Waals surface area contributed by atoms with Crippen molar-refractivity contribution in [2.45, 2.75) is 6.54 Å². The van der Waals surface area contributed by atoms with Crippen LogP contribution in [0.3, 0.4) is 0 Å². The molecule has 1 aliphatic rings. The zero-order chi connectivity index (χ0) is 13.9. The van der Waals surface area contributed by atoms with Crippen molar-refractivity contribution >= 4 is 17.3 Å². The highest BCUT2D eigenvalue weighted by Crippen LogP contribution is 2.41. The lowest BCUT2D eigenvalue weighted by Gasteiger charge is -2.10.